The number of nitrogens with one attached hydrogen (secondary N) is 1. The van der Waals surface area contributed by atoms with Crippen molar-refractivity contribution in [3.63, 3.8) is 0 Å². The molecule has 10 heteroatoms. The van der Waals surface area contributed by atoms with Gasteiger partial charge in [-0.05, 0) is 58.2 Å². The summed E-state index contributed by atoms with van der Waals surface area (Å²) in [7, 11) is 0. The van der Waals surface area contributed by atoms with Gasteiger partial charge in [0.05, 0.1) is 27.1 Å². The number of amides is 1. The van der Waals surface area contributed by atoms with Gasteiger partial charge in [-0.25, -0.2) is 5.43 Å². The molecule has 0 saturated heterocycles. The number of carbonyl (C=O) groups excluding carboxylic acids is 1. The van der Waals surface area contributed by atoms with Gasteiger partial charge >= 0.3 is 0 Å². The fraction of sp³-hybridized carbons (Fsp3) is 0.120. The lowest BCUT2D eigenvalue weighted by Gasteiger charge is -2.14. The minimum atomic E-state index is -0.465. The highest BCUT2D eigenvalue weighted by Gasteiger charge is 2.14. The van der Waals surface area contributed by atoms with E-state index < -0.39 is 10.8 Å². The van der Waals surface area contributed by atoms with E-state index in [9.17, 15) is 14.9 Å². The second kappa shape index (κ2) is 11.1. The first-order valence-corrected chi connectivity index (χ1v) is 12.2. The van der Waals surface area contributed by atoms with Crippen LogP contribution >= 0.6 is 27.3 Å². The molecule has 1 N–H and O–H groups in total. The molecule has 0 spiro atoms. The van der Waals surface area contributed by atoms with Crippen molar-refractivity contribution in [2.24, 2.45) is 5.10 Å². The van der Waals surface area contributed by atoms with Gasteiger partial charge in [0, 0.05) is 22.2 Å². The fourth-order valence-electron chi connectivity index (χ4n) is 3.27. The summed E-state index contributed by atoms with van der Waals surface area (Å²) in [4.78, 5) is 23.4. The molecule has 1 heterocycles. The molecular formula is C25H20BrN3O5S. The van der Waals surface area contributed by atoms with Gasteiger partial charge in [0.1, 0.15) is 6.61 Å². The van der Waals surface area contributed by atoms with E-state index in [0.717, 1.165) is 10.3 Å². The summed E-state index contributed by atoms with van der Waals surface area (Å²) in [5.74, 6) is 0.727. The first-order chi connectivity index (χ1) is 16.9. The molecule has 0 aliphatic rings. The van der Waals surface area contributed by atoms with Gasteiger partial charge in [-0.3, -0.25) is 14.9 Å². The van der Waals surface area contributed by atoms with Crippen LogP contribution in [0.3, 0.4) is 0 Å². The maximum Gasteiger partial charge on any atom is 0.281 e. The lowest BCUT2D eigenvalue weighted by molar-refractivity contribution is -0.384. The van der Waals surface area contributed by atoms with Gasteiger partial charge in [-0.15, -0.1) is 11.3 Å². The molecule has 0 bridgehead atoms. The zero-order valence-corrected chi connectivity index (χ0v) is 21.0. The Labute approximate surface area is 213 Å². The highest BCUT2D eigenvalue weighted by molar-refractivity contribution is 9.10. The highest BCUT2D eigenvalue weighted by Crippen LogP contribution is 2.37. The van der Waals surface area contributed by atoms with Crippen LogP contribution in [0.15, 0.2) is 76.3 Å². The molecule has 0 aliphatic carbocycles. The first kappa shape index (κ1) is 24.4. The predicted octanol–water partition coefficient (Wildman–Crippen LogP) is 6.31. The van der Waals surface area contributed by atoms with Crippen LogP contribution in [-0.4, -0.2) is 23.7 Å². The number of rotatable bonds is 9. The van der Waals surface area contributed by atoms with E-state index in [4.69, 9.17) is 9.47 Å². The minimum Gasteiger partial charge on any atom is -0.490 e. The second-order valence-corrected chi connectivity index (χ2v) is 9.26. The summed E-state index contributed by atoms with van der Waals surface area (Å²) >= 11 is 4.77. The number of nitrogens with zero attached hydrogens (tertiary/aromatic N) is 2. The summed E-state index contributed by atoms with van der Waals surface area (Å²) < 4.78 is 13.2. The standard InChI is InChI=1S/C25H20BrN3O5S/c1-2-33-21-11-17(10-20(26)24(21)34-15-16-6-4-3-5-7-16)14-27-28-25(30)23-13-18-12-19(29(31)32)8-9-22(18)35-23/h3-14H,2,15H2,1H3,(H,28,30)/b27-14-. The van der Waals surface area contributed by atoms with Crippen LogP contribution in [0.4, 0.5) is 5.69 Å². The Morgan fingerprint density at radius 1 is 1.14 bits per heavy atom. The molecule has 1 amide bonds. The van der Waals surface area contributed by atoms with Crippen molar-refractivity contribution in [2.45, 2.75) is 13.5 Å². The van der Waals surface area contributed by atoms with Crippen LogP contribution in [-0.2, 0) is 6.61 Å². The second-order valence-electron chi connectivity index (χ2n) is 7.33. The van der Waals surface area contributed by atoms with Crippen LogP contribution in [0.1, 0.15) is 27.7 Å². The number of benzene rings is 3. The number of ether oxygens (including phenoxy) is 2. The molecule has 0 unspecified atom stereocenters. The number of thiophene rings is 1. The van der Waals surface area contributed by atoms with Crippen molar-refractivity contribution in [2.75, 3.05) is 6.61 Å². The number of hydrogen-bond acceptors (Lipinski definition) is 7. The van der Waals surface area contributed by atoms with E-state index in [2.05, 4.69) is 26.5 Å². The van der Waals surface area contributed by atoms with Gasteiger partial charge in [-0.2, -0.15) is 5.10 Å². The van der Waals surface area contributed by atoms with Crippen LogP contribution in [0.2, 0.25) is 0 Å². The maximum absolute atomic E-state index is 12.5. The summed E-state index contributed by atoms with van der Waals surface area (Å²) in [6.45, 7) is 2.73. The molecule has 178 valence electrons. The van der Waals surface area contributed by atoms with Crippen LogP contribution < -0.4 is 14.9 Å². The van der Waals surface area contributed by atoms with E-state index in [1.807, 2.05) is 43.3 Å². The third-order valence-electron chi connectivity index (χ3n) is 4.87. The Hall–Kier alpha value is -3.76. The molecule has 0 saturated carbocycles. The number of carbonyl (C=O) groups is 1. The number of nitro groups is 1. The topological polar surface area (TPSA) is 103 Å². The average Bonchev–Trinajstić information content (AvgIpc) is 3.28. The Balaban J connectivity index is 1.46. The van der Waals surface area contributed by atoms with Crippen molar-refractivity contribution >= 4 is 55.2 Å². The third-order valence-corrected chi connectivity index (χ3v) is 6.58. The molecule has 0 aliphatic heterocycles. The average molecular weight is 554 g/mol. The van der Waals surface area contributed by atoms with Gasteiger partial charge in [0.15, 0.2) is 11.5 Å². The Kier molecular flexibility index (Phi) is 7.74. The Morgan fingerprint density at radius 3 is 2.69 bits per heavy atom. The minimum absolute atomic E-state index is 0.0212. The number of halogens is 1. The SMILES string of the molecule is CCOc1cc(/C=N\NC(=O)c2cc3cc([N+](=O)[O-])ccc3s2)cc(Br)c1OCc1ccccc1. The van der Waals surface area contributed by atoms with Crippen LogP contribution in [0.25, 0.3) is 10.1 Å². The Morgan fingerprint density at radius 2 is 1.94 bits per heavy atom. The van der Waals surface area contributed by atoms with E-state index >= 15 is 0 Å². The molecule has 35 heavy (non-hydrogen) atoms. The molecule has 0 atom stereocenters. The zero-order chi connectivity index (χ0) is 24.8. The lowest BCUT2D eigenvalue weighted by Crippen LogP contribution is -2.16. The molecular weight excluding hydrogens is 534 g/mol. The number of fused-ring (bicyclic) bond motifs is 1. The molecule has 1 aromatic heterocycles. The first-order valence-electron chi connectivity index (χ1n) is 10.6. The van der Waals surface area contributed by atoms with Crippen molar-refractivity contribution < 1.29 is 19.2 Å². The molecule has 4 rings (SSSR count). The van der Waals surface area contributed by atoms with Crippen molar-refractivity contribution in [3.05, 3.63) is 97.3 Å². The van der Waals surface area contributed by atoms with Gasteiger partial charge < -0.3 is 9.47 Å². The summed E-state index contributed by atoms with van der Waals surface area (Å²) in [5, 5.41) is 15.7. The zero-order valence-electron chi connectivity index (χ0n) is 18.6. The quantitative estimate of drug-likeness (QED) is 0.148. The maximum atomic E-state index is 12.5. The van der Waals surface area contributed by atoms with Crippen molar-refractivity contribution in [1.82, 2.24) is 5.43 Å². The normalized spacial score (nSPS) is 11.0. The Bertz CT molecular complexity index is 1410. The predicted molar refractivity (Wildman–Crippen MR) is 140 cm³/mol. The van der Waals surface area contributed by atoms with Crippen molar-refractivity contribution in [1.29, 1.82) is 0 Å². The summed E-state index contributed by atoms with van der Waals surface area (Å²) in [6, 6.07) is 19.5. The smallest absolute Gasteiger partial charge is 0.281 e. The van der Waals surface area contributed by atoms with Crippen LogP contribution in [0, 0.1) is 10.1 Å². The van der Waals surface area contributed by atoms with Crippen LogP contribution in [0.5, 0.6) is 11.5 Å². The summed E-state index contributed by atoms with van der Waals surface area (Å²) in [5.41, 5.74) is 4.20. The lowest BCUT2D eigenvalue weighted by atomic mass is 10.2. The molecule has 0 fully saturated rings. The monoisotopic (exact) mass is 553 g/mol. The van der Waals surface area contributed by atoms with Crippen molar-refractivity contribution in [3.8, 4) is 11.5 Å². The molecule has 0 radical (unpaired) electrons. The summed E-state index contributed by atoms with van der Waals surface area (Å²) in [6.07, 6.45) is 1.50. The van der Waals surface area contributed by atoms with E-state index in [0.29, 0.717) is 45.0 Å². The molecule has 4 aromatic rings. The van der Waals surface area contributed by atoms with Gasteiger partial charge in [-0.1, -0.05) is 30.3 Å². The third kappa shape index (κ3) is 6.03. The van der Waals surface area contributed by atoms with Gasteiger partial charge in [0.2, 0.25) is 0 Å². The molecule has 3 aromatic carbocycles. The number of hydrogen-bond donors (Lipinski definition) is 1. The number of nitro benzene ring substituents is 1. The van der Waals surface area contributed by atoms with E-state index in [1.54, 1.807) is 18.2 Å². The fourth-order valence-corrected chi connectivity index (χ4v) is 4.78. The highest BCUT2D eigenvalue weighted by atomic mass is 79.9. The largest absolute Gasteiger partial charge is 0.490 e. The molecule has 8 nitrogen and oxygen atoms in total. The van der Waals surface area contributed by atoms with E-state index in [-0.39, 0.29) is 5.69 Å². The number of hydrazone groups is 1. The van der Waals surface area contributed by atoms with E-state index in [1.165, 1.54) is 29.7 Å². The number of non-ortho nitro benzene ring substituents is 1. The van der Waals surface area contributed by atoms with Gasteiger partial charge in [0.25, 0.3) is 11.6 Å².